The number of aliphatic hydroxyl groups excluding tert-OH is 1. The van der Waals surface area contributed by atoms with Crippen LogP contribution in [0.2, 0.25) is 0 Å². The number of unbranched alkanes of at least 4 members (excludes halogenated alkanes) is 1. The molecule has 2 aliphatic heterocycles. The van der Waals surface area contributed by atoms with Crippen LogP contribution < -0.4 is 0 Å². The quantitative estimate of drug-likeness (QED) is 0.607. The predicted octanol–water partition coefficient (Wildman–Crippen LogP) is 3.82. The lowest BCUT2D eigenvalue weighted by Gasteiger charge is -2.31. The van der Waals surface area contributed by atoms with Gasteiger partial charge >= 0.3 is 5.97 Å². The average molecular weight is 390 g/mol. The first kappa shape index (κ1) is 20.9. The van der Waals surface area contributed by atoms with Crippen molar-refractivity contribution in [1.82, 2.24) is 0 Å². The molecule has 2 saturated heterocycles. The molecule has 5 nitrogen and oxygen atoms in total. The minimum Gasteiger partial charge on any atom is -0.462 e. The number of hydrogen-bond acceptors (Lipinski definition) is 5. The number of carbonyl (C=O) groups excluding carboxylic acids is 1. The molecule has 156 valence electrons. The van der Waals surface area contributed by atoms with Crippen LogP contribution in [0.3, 0.4) is 0 Å². The van der Waals surface area contributed by atoms with E-state index in [4.69, 9.17) is 14.2 Å². The first-order valence-electron chi connectivity index (χ1n) is 10.4. The molecule has 2 heterocycles. The number of carbonyl (C=O) groups is 1. The van der Waals surface area contributed by atoms with Gasteiger partial charge in [0.25, 0.3) is 5.92 Å². The zero-order valence-electron chi connectivity index (χ0n) is 16.1. The molecular weight excluding hydrogens is 358 g/mol. The molecule has 1 saturated carbocycles. The summed E-state index contributed by atoms with van der Waals surface area (Å²) in [4.78, 5) is 11.7. The Balaban J connectivity index is 1.59. The monoisotopic (exact) mass is 390 g/mol. The maximum atomic E-state index is 14.1. The number of rotatable bonds is 9. The van der Waals surface area contributed by atoms with Crippen LogP contribution in [0.4, 0.5) is 8.78 Å². The molecule has 1 N–H and O–H groups in total. The van der Waals surface area contributed by atoms with Crippen molar-refractivity contribution < 1.29 is 32.9 Å². The fourth-order valence-corrected chi connectivity index (χ4v) is 4.67. The van der Waals surface area contributed by atoms with Crippen molar-refractivity contribution in [3.05, 3.63) is 0 Å². The SMILES string of the molecule is CCCCC(F)(F)C(O)CC[C@@H]1[C@H]2CC(=O)O[C@H]2C[C@H]1OC1CCCCO1. The van der Waals surface area contributed by atoms with Crippen molar-refractivity contribution in [1.29, 1.82) is 0 Å². The number of fused-ring (bicyclic) bond motifs is 1. The van der Waals surface area contributed by atoms with Gasteiger partial charge in [-0.3, -0.25) is 4.79 Å². The average Bonchev–Trinajstić information content (AvgIpc) is 3.14. The molecule has 3 fully saturated rings. The molecule has 27 heavy (non-hydrogen) atoms. The fourth-order valence-electron chi connectivity index (χ4n) is 4.67. The Morgan fingerprint density at radius 2 is 2.19 bits per heavy atom. The Kier molecular flexibility index (Phi) is 7.08. The van der Waals surface area contributed by atoms with Crippen LogP contribution in [-0.4, -0.2) is 48.2 Å². The van der Waals surface area contributed by atoms with Crippen LogP contribution in [0.5, 0.6) is 0 Å². The number of hydrogen-bond donors (Lipinski definition) is 1. The van der Waals surface area contributed by atoms with E-state index in [2.05, 4.69) is 0 Å². The number of ether oxygens (including phenoxy) is 3. The lowest BCUT2D eigenvalue weighted by molar-refractivity contribution is -0.198. The highest BCUT2D eigenvalue weighted by molar-refractivity contribution is 5.72. The van der Waals surface area contributed by atoms with Gasteiger partial charge in [0.05, 0.1) is 12.5 Å². The van der Waals surface area contributed by atoms with Gasteiger partial charge in [0.2, 0.25) is 0 Å². The van der Waals surface area contributed by atoms with E-state index in [1.807, 2.05) is 6.92 Å². The number of halogens is 2. The van der Waals surface area contributed by atoms with E-state index in [1.54, 1.807) is 0 Å². The fraction of sp³-hybridized carbons (Fsp3) is 0.950. The molecule has 0 spiro atoms. The van der Waals surface area contributed by atoms with Crippen molar-refractivity contribution in [2.24, 2.45) is 11.8 Å². The predicted molar refractivity (Wildman–Crippen MR) is 94.3 cm³/mol. The van der Waals surface area contributed by atoms with Gasteiger partial charge in [-0.2, -0.15) is 0 Å². The van der Waals surface area contributed by atoms with Crippen molar-refractivity contribution in [2.75, 3.05) is 6.61 Å². The Hall–Kier alpha value is -0.790. The van der Waals surface area contributed by atoms with Gasteiger partial charge < -0.3 is 19.3 Å². The summed E-state index contributed by atoms with van der Waals surface area (Å²) in [6.45, 7) is 2.53. The third-order valence-electron chi connectivity index (χ3n) is 6.24. The minimum absolute atomic E-state index is 0.00414. The smallest absolute Gasteiger partial charge is 0.306 e. The summed E-state index contributed by atoms with van der Waals surface area (Å²) < 4.78 is 45.4. The summed E-state index contributed by atoms with van der Waals surface area (Å²) in [6, 6.07) is 0. The summed E-state index contributed by atoms with van der Waals surface area (Å²) in [5, 5.41) is 10.1. The summed E-state index contributed by atoms with van der Waals surface area (Å²) in [7, 11) is 0. The van der Waals surface area contributed by atoms with Gasteiger partial charge in [0, 0.05) is 25.4 Å². The lowest BCUT2D eigenvalue weighted by Crippen LogP contribution is -2.36. The molecule has 2 unspecified atom stereocenters. The van der Waals surface area contributed by atoms with Crippen molar-refractivity contribution in [3.8, 4) is 0 Å². The van der Waals surface area contributed by atoms with Crippen LogP contribution in [0.15, 0.2) is 0 Å². The number of aliphatic hydroxyl groups is 1. The zero-order valence-corrected chi connectivity index (χ0v) is 16.1. The third kappa shape index (κ3) is 5.18. The zero-order chi connectivity index (χ0) is 19.4. The largest absolute Gasteiger partial charge is 0.462 e. The van der Waals surface area contributed by atoms with Crippen LogP contribution in [0, 0.1) is 11.8 Å². The van der Waals surface area contributed by atoms with Crippen LogP contribution in [0.1, 0.15) is 71.1 Å². The molecule has 0 aromatic carbocycles. The van der Waals surface area contributed by atoms with Crippen LogP contribution >= 0.6 is 0 Å². The lowest BCUT2D eigenvalue weighted by atomic mass is 9.86. The van der Waals surface area contributed by atoms with Crippen molar-refractivity contribution in [3.63, 3.8) is 0 Å². The topological polar surface area (TPSA) is 65.0 Å². The van der Waals surface area contributed by atoms with Gasteiger partial charge in [-0.1, -0.05) is 13.3 Å². The Morgan fingerprint density at radius 3 is 2.89 bits per heavy atom. The highest BCUT2D eigenvalue weighted by atomic mass is 19.3. The van der Waals surface area contributed by atoms with E-state index in [1.165, 1.54) is 0 Å². The van der Waals surface area contributed by atoms with Gasteiger partial charge in [-0.25, -0.2) is 8.78 Å². The van der Waals surface area contributed by atoms with Gasteiger partial charge in [-0.05, 0) is 44.4 Å². The van der Waals surface area contributed by atoms with Gasteiger partial charge in [0.1, 0.15) is 12.2 Å². The van der Waals surface area contributed by atoms with E-state index in [0.717, 1.165) is 19.3 Å². The standard InChI is InChI=1S/C20H32F2O5/c1-2-3-9-20(21,22)17(23)8-7-13-14-11-18(24)26-16(14)12-15(13)27-19-6-4-5-10-25-19/h13-17,19,23H,2-12H2,1H3/t13-,14-,15-,16+,17?,19?/m1/s1. The Labute approximate surface area is 159 Å². The molecule has 0 aromatic rings. The van der Waals surface area contributed by atoms with E-state index >= 15 is 0 Å². The van der Waals surface area contributed by atoms with E-state index in [9.17, 15) is 18.7 Å². The second-order valence-corrected chi connectivity index (χ2v) is 8.22. The second-order valence-electron chi connectivity index (χ2n) is 8.22. The Morgan fingerprint density at radius 1 is 1.37 bits per heavy atom. The number of esters is 1. The van der Waals surface area contributed by atoms with Crippen molar-refractivity contribution in [2.45, 2.75) is 102 Å². The van der Waals surface area contributed by atoms with Gasteiger partial charge in [-0.15, -0.1) is 0 Å². The number of alkyl halides is 2. The molecule has 6 atom stereocenters. The molecule has 7 heteroatoms. The highest BCUT2D eigenvalue weighted by Gasteiger charge is 2.51. The summed E-state index contributed by atoms with van der Waals surface area (Å²) in [6.07, 6.45) is 2.67. The Bertz CT molecular complexity index is 495. The molecule has 1 aliphatic carbocycles. The molecule has 0 bridgehead atoms. The van der Waals surface area contributed by atoms with Gasteiger partial charge in [0.15, 0.2) is 6.29 Å². The van der Waals surface area contributed by atoms with Crippen LogP contribution in [-0.2, 0) is 19.0 Å². The summed E-state index contributed by atoms with van der Waals surface area (Å²) in [5.74, 6) is -3.37. The normalized spacial score (nSPS) is 35.1. The second kappa shape index (κ2) is 9.14. The first-order chi connectivity index (χ1) is 12.9. The third-order valence-corrected chi connectivity index (χ3v) is 6.24. The molecule has 3 aliphatic rings. The molecule has 0 aromatic heterocycles. The molecular formula is C20H32F2O5. The van der Waals surface area contributed by atoms with Crippen LogP contribution in [0.25, 0.3) is 0 Å². The molecule has 0 radical (unpaired) electrons. The van der Waals surface area contributed by atoms with E-state index in [-0.39, 0.29) is 49.1 Å². The summed E-state index contributed by atoms with van der Waals surface area (Å²) >= 11 is 0. The van der Waals surface area contributed by atoms with E-state index < -0.39 is 12.0 Å². The highest BCUT2D eigenvalue weighted by Crippen LogP contribution is 2.46. The maximum Gasteiger partial charge on any atom is 0.306 e. The first-order valence-corrected chi connectivity index (χ1v) is 10.4. The summed E-state index contributed by atoms with van der Waals surface area (Å²) in [5.41, 5.74) is 0. The molecule has 3 rings (SSSR count). The molecule has 0 amide bonds. The maximum absolute atomic E-state index is 14.1. The van der Waals surface area contributed by atoms with Crippen molar-refractivity contribution >= 4 is 5.97 Å². The van der Waals surface area contributed by atoms with E-state index in [0.29, 0.717) is 38.7 Å². The minimum atomic E-state index is -3.07.